The molecule has 1 aliphatic heterocycles. The molecular formula is C47H42ClN11O8. The first-order valence-corrected chi connectivity index (χ1v) is 20.8. The molecule has 8 rings (SSSR count). The molecule has 0 unspecified atom stereocenters. The zero-order valence-corrected chi connectivity index (χ0v) is 37.7. The van der Waals surface area contributed by atoms with E-state index in [9.17, 15) is 10.1 Å². The number of fused-ring (bicyclic) bond motifs is 1. The molecule has 340 valence electrons. The van der Waals surface area contributed by atoms with Gasteiger partial charge >= 0.3 is 18.0 Å². The lowest BCUT2D eigenvalue weighted by atomic mass is 10.0. The predicted molar refractivity (Wildman–Crippen MR) is 245 cm³/mol. The number of rotatable bonds is 15. The van der Waals surface area contributed by atoms with Crippen LogP contribution in [-0.4, -0.2) is 93.2 Å². The summed E-state index contributed by atoms with van der Waals surface area (Å²) in [6.07, 6.45) is 10.00. The lowest BCUT2D eigenvalue weighted by Gasteiger charge is -2.17. The maximum absolute atomic E-state index is 13.9. The third kappa shape index (κ3) is 10.8. The summed E-state index contributed by atoms with van der Waals surface area (Å²) in [7, 11) is 7.54. The molecule has 5 heterocycles. The molecule has 4 aromatic heterocycles. The number of benzene rings is 3. The van der Waals surface area contributed by atoms with Gasteiger partial charge in [0.2, 0.25) is 23.5 Å². The number of hydrogen-bond acceptors (Lipinski definition) is 17. The lowest BCUT2D eigenvalue weighted by Crippen LogP contribution is -2.21. The highest BCUT2D eigenvalue weighted by atomic mass is 35.5. The monoisotopic (exact) mass is 923 g/mol. The Hall–Kier alpha value is -8.68. The summed E-state index contributed by atoms with van der Waals surface area (Å²) in [5.74, 6) is 3.44. The molecule has 0 aliphatic carbocycles. The van der Waals surface area contributed by atoms with Gasteiger partial charge in [-0.15, -0.1) is 6.42 Å². The van der Waals surface area contributed by atoms with Crippen molar-refractivity contribution in [2.75, 3.05) is 46.9 Å². The highest BCUT2D eigenvalue weighted by Crippen LogP contribution is 2.36. The van der Waals surface area contributed by atoms with Crippen molar-refractivity contribution < 1.29 is 38.1 Å². The quantitative estimate of drug-likeness (QED) is 0.0422. The van der Waals surface area contributed by atoms with E-state index < -0.39 is 5.97 Å². The molecule has 0 N–H and O–H groups in total. The number of ether oxygens (including phenoxy) is 6. The van der Waals surface area contributed by atoms with Gasteiger partial charge in [-0.05, 0) is 31.4 Å². The Labute approximate surface area is 390 Å². The van der Waals surface area contributed by atoms with Gasteiger partial charge in [0.1, 0.15) is 39.4 Å². The molecule has 1 aliphatic rings. The van der Waals surface area contributed by atoms with Crippen LogP contribution in [0.15, 0.2) is 102 Å². The molecule has 0 amide bonds. The van der Waals surface area contributed by atoms with E-state index in [1.807, 2.05) is 72.4 Å². The summed E-state index contributed by atoms with van der Waals surface area (Å²) in [5.41, 5.74) is 3.18. The molecule has 7 aromatic rings. The zero-order valence-electron chi connectivity index (χ0n) is 36.9. The van der Waals surface area contributed by atoms with Crippen LogP contribution in [0.1, 0.15) is 45.6 Å². The van der Waals surface area contributed by atoms with Gasteiger partial charge in [0, 0.05) is 24.7 Å². The number of aromatic nitrogens is 8. The van der Waals surface area contributed by atoms with Gasteiger partial charge in [0.05, 0.1) is 59.0 Å². The van der Waals surface area contributed by atoms with Gasteiger partial charge in [-0.1, -0.05) is 89.4 Å². The highest BCUT2D eigenvalue weighted by Gasteiger charge is 2.27. The number of terminal acetylenes is 1. The van der Waals surface area contributed by atoms with Crippen molar-refractivity contribution >= 4 is 29.1 Å². The Bertz CT molecular complexity index is 2810. The van der Waals surface area contributed by atoms with Crippen LogP contribution in [0.3, 0.4) is 0 Å². The second-order valence-corrected chi connectivity index (χ2v) is 14.5. The third-order valence-corrected chi connectivity index (χ3v) is 10.2. The van der Waals surface area contributed by atoms with Crippen molar-refractivity contribution in [3.05, 3.63) is 130 Å². The largest absolute Gasteiger partial charge is 0.481 e. The van der Waals surface area contributed by atoms with Gasteiger partial charge in [-0.25, -0.2) is 4.79 Å². The minimum absolute atomic E-state index is 0.0289. The molecule has 67 heavy (non-hydrogen) atoms. The van der Waals surface area contributed by atoms with Gasteiger partial charge in [0.15, 0.2) is 11.6 Å². The molecule has 0 atom stereocenters. The first-order valence-electron chi connectivity index (χ1n) is 20.4. The highest BCUT2D eigenvalue weighted by molar-refractivity contribution is 6.33. The fourth-order valence-electron chi connectivity index (χ4n) is 6.68. The fraction of sp³-hybridized carbons (Fsp3) is 0.213. The summed E-state index contributed by atoms with van der Waals surface area (Å²) < 4.78 is 36.3. The van der Waals surface area contributed by atoms with Crippen LogP contribution in [0.25, 0.3) is 5.82 Å². The van der Waals surface area contributed by atoms with Crippen LogP contribution in [0.5, 0.6) is 47.0 Å². The van der Waals surface area contributed by atoms with Crippen LogP contribution in [0, 0.1) is 23.7 Å². The summed E-state index contributed by atoms with van der Waals surface area (Å²) in [6.45, 7) is 1.22. The number of nitrogens with zero attached hydrogens (tertiary/aromatic N) is 11. The van der Waals surface area contributed by atoms with Crippen molar-refractivity contribution in [2.24, 2.45) is 5.16 Å². The van der Waals surface area contributed by atoms with E-state index in [0.717, 1.165) is 42.6 Å². The molecule has 0 saturated heterocycles. The van der Waals surface area contributed by atoms with Crippen molar-refractivity contribution in [3.63, 3.8) is 0 Å². The number of aryl methyl sites for hydroxylation is 1. The van der Waals surface area contributed by atoms with Crippen molar-refractivity contribution in [1.82, 2.24) is 39.5 Å². The Balaban J connectivity index is 0.000000252. The fourth-order valence-corrected chi connectivity index (χ4v) is 6.99. The number of carbonyl (C=O) groups excluding carboxylic acids is 1. The van der Waals surface area contributed by atoms with Gasteiger partial charge in [-0.2, -0.15) is 40.1 Å². The first-order chi connectivity index (χ1) is 32.7. The molecular weight excluding hydrogens is 882 g/mol. The minimum Gasteiger partial charge on any atom is -0.481 e. The maximum atomic E-state index is 13.9. The average Bonchev–Trinajstić information content (AvgIpc) is 3.95. The standard InChI is InChI=1S/C32H27N5O8.C15H15ClN6/c1-39-24-18-25(40-2)34-31(33-24)43-22-16-11-17-23(44-32-35-26(41-3)19-27(36-32)42-4)28(22)30(38)45-37-29(20-12-7-5-8-13-20)21-14-9-6-10-15-21;1-3-7-20(2)15-11(9-17)10-18-22(15)14-13(16)12-6-4-5-8-21(12)19-14/h5-19H,1-4H3;1,10H,4-8H2,2H3. The van der Waals surface area contributed by atoms with Crippen molar-refractivity contribution in [2.45, 2.75) is 25.8 Å². The second-order valence-electron chi connectivity index (χ2n) is 14.1. The van der Waals surface area contributed by atoms with Crippen LogP contribution < -0.4 is 33.3 Å². The Morgan fingerprint density at radius 2 is 1.34 bits per heavy atom. The Morgan fingerprint density at radius 1 is 0.806 bits per heavy atom. The van der Waals surface area contributed by atoms with E-state index in [4.69, 9.17) is 51.3 Å². The van der Waals surface area contributed by atoms with Crippen LogP contribution >= 0.6 is 11.6 Å². The molecule has 0 fully saturated rings. The normalized spacial score (nSPS) is 11.3. The van der Waals surface area contributed by atoms with Crippen LogP contribution in [-0.2, 0) is 17.8 Å². The SMILES string of the molecule is C#CCN(C)c1c(C#N)cnn1-c1nn2c(c1Cl)CCCC2.COc1cc(OC)nc(Oc2cccc(Oc3nc(OC)cc(OC)n3)c2C(=O)ON=C(c2ccccc2)c2ccccc2)n1. The van der Waals surface area contributed by atoms with E-state index in [2.05, 4.69) is 47.3 Å². The third-order valence-electron chi connectivity index (χ3n) is 9.83. The number of hydrogen-bond donors (Lipinski definition) is 0. The summed E-state index contributed by atoms with van der Waals surface area (Å²) in [6, 6.07) is 27.9. The summed E-state index contributed by atoms with van der Waals surface area (Å²) in [5, 5.41) is 23.0. The maximum Gasteiger partial charge on any atom is 0.373 e. The van der Waals surface area contributed by atoms with E-state index >= 15 is 0 Å². The van der Waals surface area contributed by atoms with E-state index in [0.29, 0.717) is 34.5 Å². The smallest absolute Gasteiger partial charge is 0.373 e. The molecule has 0 radical (unpaired) electrons. The number of nitriles is 1. The zero-order chi connectivity index (χ0) is 47.3. The summed E-state index contributed by atoms with van der Waals surface area (Å²) in [4.78, 5) is 38.0. The minimum atomic E-state index is -0.922. The van der Waals surface area contributed by atoms with E-state index in [1.54, 1.807) is 15.6 Å². The molecule has 0 saturated carbocycles. The predicted octanol–water partition coefficient (Wildman–Crippen LogP) is 7.49. The summed E-state index contributed by atoms with van der Waals surface area (Å²) >= 11 is 6.50. The van der Waals surface area contributed by atoms with Gasteiger partial charge < -0.3 is 38.2 Å². The number of methoxy groups -OCH3 is 4. The number of carbonyl (C=O) groups is 1. The number of oxime groups is 1. The van der Waals surface area contributed by atoms with Gasteiger partial charge in [-0.3, -0.25) is 4.68 Å². The molecule has 0 bridgehead atoms. The molecule has 20 heteroatoms. The number of halogens is 1. The first kappa shape index (κ1) is 46.3. The Kier molecular flexibility index (Phi) is 15.1. The van der Waals surface area contributed by atoms with E-state index in [1.165, 1.54) is 58.9 Å². The van der Waals surface area contributed by atoms with Gasteiger partial charge in [0.25, 0.3) is 0 Å². The topological polar surface area (TPSA) is 208 Å². The van der Waals surface area contributed by atoms with Crippen LogP contribution in [0.2, 0.25) is 5.02 Å². The lowest BCUT2D eigenvalue weighted by molar-refractivity contribution is 0.0511. The number of anilines is 1. The van der Waals surface area contributed by atoms with E-state index in [-0.39, 0.29) is 52.6 Å². The molecule has 3 aromatic carbocycles. The average molecular weight is 924 g/mol. The van der Waals surface area contributed by atoms with Crippen molar-refractivity contribution in [1.29, 1.82) is 5.26 Å². The second kappa shape index (κ2) is 21.8. The van der Waals surface area contributed by atoms with Crippen LogP contribution in [0.4, 0.5) is 5.82 Å². The molecule has 0 spiro atoms. The van der Waals surface area contributed by atoms with Crippen molar-refractivity contribution in [3.8, 4) is 71.3 Å². The molecule has 19 nitrogen and oxygen atoms in total. The Morgan fingerprint density at radius 3 is 1.82 bits per heavy atom.